The van der Waals surface area contributed by atoms with Gasteiger partial charge in [0.2, 0.25) is 5.91 Å². The van der Waals surface area contributed by atoms with Gasteiger partial charge >= 0.3 is 0 Å². The molecule has 3 N–H and O–H groups in total. The van der Waals surface area contributed by atoms with Gasteiger partial charge in [-0.3, -0.25) is 14.2 Å². The van der Waals surface area contributed by atoms with Gasteiger partial charge in [0, 0.05) is 12.1 Å². The Labute approximate surface area is 141 Å². The normalized spacial score (nSPS) is 11.1. The lowest BCUT2D eigenvalue weighted by Gasteiger charge is -2.26. The van der Waals surface area contributed by atoms with Crippen LogP contribution in [0.5, 0.6) is 0 Å². The summed E-state index contributed by atoms with van der Waals surface area (Å²) >= 11 is 0. The molecule has 2 rings (SSSR count). The van der Waals surface area contributed by atoms with Crippen LogP contribution in [0.1, 0.15) is 26.7 Å². The number of halogens is 1. The van der Waals surface area contributed by atoms with Gasteiger partial charge in [0.05, 0.1) is 17.2 Å². The Morgan fingerprint density at radius 3 is 2.61 bits per heavy atom. The van der Waals surface area contributed by atoms with Crippen LogP contribution in [0.2, 0.25) is 0 Å². The molecule has 0 bridgehead atoms. The Balaban J connectivity index is 0.00000264. The number of hydrogen-bond donors (Lipinski definition) is 2. The molecule has 0 radical (unpaired) electrons. The molecule has 0 aliphatic heterocycles. The summed E-state index contributed by atoms with van der Waals surface area (Å²) in [5.74, 6) is -0.240. The van der Waals surface area contributed by atoms with E-state index < -0.39 is 5.54 Å². The zero-order valence-electron chi connectivity index (χ0n) is 13.4. The van der Waals surface area contributed by atoms with Gasteiger partial charge in [0.25, 0.3) is 5.56 Å². The van der Waals surface area contributed by atoms with Crippen molar-refractivity contribution >= 4 is 29.2 Å². The molecule has 0 fully saturated rings. The van der Waals surface area contributed by atoms with Gasteiger partial charge in [-0.25, -0.2) is 4.98 Å². The molecular weight excluding hydrogens is 316 g/mol. The lowest BCUT2D eigenvalue weighted by Crippen LogP contribution is -2.50. The second-order valence-corrected chi connectivity index (χ2v) is 5.54. The number of nitrogens with one attached hydrogen (secondary N) is 1. The van der Waals surface area contributed by atoms with Crippen molar-refractivity contribution in [2.24, 2.45) is 5.73 Å². The van der Waals surface area contributed by atoms with E-state index in [1.165, 1.54) is 10.9 Å². The highest BCUT2D eigenvalue weighted by atomic mass is 35.5. The van der Waals surface area contributed by atoms with Crippen molar-refractivity contribution in [1.29, 1.82) is 0 Å². The van der Waals surface area contributed by atoms with E-state index in [1.807, 2.05) is 19.9 Å². The zero-order valence-corrected chi connectivity index (χ0v) is 14.2. The van der Waals surface area contributed by atoms with Crippen LogP contribution in [0.15, 0.2) is 35.4 Å². The molecule has 0 atom stereocenters. The van der Waals surface area contributed by atoms with Crippen LogP contribution in [0.4, 0.5) is 0 Å². The Morgan fingerprint density at radius 1 is 1.30 bits per heavy atom. The molecule has 1 amide bonds. The van der Waals surface area contributed by atoms with E-state index in [0.29, 0.717) is 17.4 Å². The third-order valence-electron chi connectivity index (χ3n) is 4.09. The van der Waals surface area contributed by atoms with Crippen molar-refractivity contribution < 1.29 is 4.79 Å². The first-order valence-electron chi connectivity index (χ1n) is 7.49. The minimum Gasteiger partial charge on any atom is -0.353 e. The van der Waals surface area contributed by atoms with Crippen LogP contribution in [-0.2, 0) is 11.3 Å². The Hall–Kier alpha value is -1.92. The SMILES string of the molecule is CCC(N)(CC)CNC(=O)Cn1cnc2ccccc2c1=O.Cl. The topological polar surface area (TPSA) is 90.0 Å². The summed E-state index contributed by atoms with van der Waals surface area (Å²) in [6, 6.07) is 7.08. The molecular formula is C16H23ClN4O2. The molecule has 0 spiro atoms. The zero-order chi connectivity index (χ0) is 16.2. The van der Waals surface area contributed by atoms with Gasteiger partial charge in [-0.15, -0.1) is 12.4 Å². The molecule has 0 aliphatic rings. The number of para-hydroxylation sites is 1. The number of fused-ring (bicyclic) bond motifs is 1. The number of carbonyl (C=O) groups is 1. The van der Waals surface area contributed by atoms with Crippen LogP contribution in [-0.4, -0.2) is 27.5 Å². The quantitative estimate of drug-likeness (QED) is 0.834. The average Bonchev–Trinajstić information content (AvgIpc) is 2.55. The maximum absolute atomic E-state index is 12.3. The maximum atomic E-state index is 12.3. The summed E-state index contributed by atoms with van der Waals surface area (Å²) in [6.07, 6.45) is 2.96. The van der Waals surface area contributed by atoms with Gasteiger partial charge in [-0.2, -0.15) is 0 Å². The molecule has 2 aromatic rings. The third-order valence-corrected chi connectivity index (χ3v) is 4.09. The first-order chi connectivity index (χ1) is 10.5. The van der Waals surface area contributed by atoms with E-state index in [1.54, 1.807) is 18.2 Å². The van der Waals surface area contributed by atoms with Crippen molar-refractivity contribution in [2.45, 2.75) is 38.8 Å². The molecule has 1 aromatic carbocycles. The van der Waals surface area contributed by atoms with E-state index in [0.717, 1.165) is 12.8 Å². The number of hydrogen-bond acceptors (Lipinski definition) is 4. The fourth-order valence-electron chi connectivity index (χ4n) is 2.20. The summed E-state index contributed by atoms with van der Waals surface area (Å²) < 4.78 is 1.31. The van der Waals surface area contributed by atoms with Crippen molar-refractivity contribution in [3.05, 3.63) is 40.9 Å². The maximum Gasteiger partial charge on any atom is 0.261 e. The Bertz CT molecular complexity index is 725. The van der Waals surface area contributed by atoms with Crippen LogP contribution < -0.4 is 16.6 Å². The number of rotatable bonds is 6. The second-order valence-electron chi connectivity index (χ2n) is 5.54. The summed E-state index contributed by atoms with van der Waals surface area (Å²) in [6.45, 7) is 4.33. The fourth-order valence-corrected chi connectivity index (χ4v) is 2.20. The monoisotopic (exact) mass is 338 g/mol. The number of benzene rings is 1. The standard InChI is InChI=1S/C16H22N4O2.ClH/c1-3-16(17,4-2)10-18-14(21)9-20-11-19-13-8-6-5-7-12(13)15(20)22;/h5-8,11H,3-4,9-10,17H2,1-2H3,(H,18,21);1H. The third kappa shape index (κ3) is 4.53. The average molecular weight is 339 g/mol. The fraction of sp³-hybridized carbons (Fsp3) is 0.438. The Morgan fingerprint density at radius 2 is 1.96 bits per heavy atom. The largest absolute Gasteiger partial charge is 0.353 e. The minimum atomic E-state index is -0.401. The lowest BCUT2D eigenvalue weighted by molar-refractivity contribution is -0.122. The van der Waals surface area contributed by atoms with E-state index in [4.69, 9.17) is 5.73 Å². The molecule has 1 aromatic heterocycles. The predicted molar refractivity (Wildman–Crippen MR) is 93.8 cm³/mol. The summed E-state index contributed by atoms with van der Waals surface area (Å²) in [4.78, 5) is 28.5. The molecule has 6 nitrogen and oxygen atoms in total. The van der Waals surface area contributed by atoms with E-state index in [-0.39, 0.29) is 30.4 Å². The van der Waals surface area contributed by atoms with Crippen LogP contribution in [0.25, 0.3) is 10.9 Å². The highest BCUT2D eigenvalue weighted by Crippen LogP contribution is 2.09. The Kier molecular flexibility index (Phi) is 6.72. The number of nitrogens with two attached hydrogens (primary N) is 1. The van der Waals surface area contributed by atoms with Gasteiger partial charge < -0.3 is 11.1 Å². The van der Waals surface area contributed by atoms with Crippen molar-refractivity contribution in [3.63, 3.8) is 0 Å². The smallest absolute Gasteiger partial charge is 0.261 e. The summed E-state index contributed by atoms with van der Waals surface area (Å²) in [5, 5.41) is 3.30. The minimum absolute atomic E-state index is 0. The molecule has 0 unspecified atom stereocenters. The highest BCUT2D eigenvalue weighted by Gasteiger charge is 2.21. The van der Waals surface area contributed by atoms with E-state index >= 15 is 0 Å². The molecule has 23 heavy (non-hydrogen) atoms. The number of nitrogens with zero attached hydrogens (tertiary/aromatic N) is 2. The molecule has 7 heteroatoms. The molecule has 126 valence electrons. The number of carbonyl (C=O) groups excluding carboxylic acids is 1. The summed E-state index contributed by atoms with van der Waals surface area (Å²) in [5.41, 5.74) is 6.16. The van der Waals surface area contributed by atoms with Gasteiger partial charge in [0.15, 0.2) is 0 Å². The highest BCUT2D eigenvalue weighted by molar-refractivity contribution is 5.85. The van der Waals surface area contributed by atoms with Gasteiger partial charge in [-0.1, -0.05) is 26.0 Å². The molecule has 0 saturated heterocycles. The van der Waals surface area contributed by atoms with Gasteiger partial charge in [0.1, 0.15) is 6.54 Å². The first-order valence-corrected chi connectivity index (χ1v) is 7.49. The van der Waals surface area contributed by atoms with Gasteiger partial charge in [-0.05, 0) is 25.0 Å². The second kappa shape index (κ2) is 8.08. The molecule has 0 saturated carbocycles. The number of amides is 1. The van der Waals surface area contributed by atoms with E-state index in [9.17, 15) is 9.59 Å². The lowest BCUT2D eigenvalue weighted by atomic mass is 9.94. The number of aromatic nitrogens is 2. The summed E-state index contributed by atoms with van der Waals surface area (Å²) in [7, 11) is 0. The van der Waals surface area contributed by atoms with Crippen LogP contribution >= 0.6 is 12.4 Å². The van der Waals surface area contributed by atoms with Crippen molar-refractivity contribution in [3.8, 4) is 0 Å². The van der Waals surface area contributed by atoms with Crippen LogP contribution in [0.3, 0.4) is 0 Å². The first kappa shape index (κ1) is 19.1. The van der Waals surface area contributed by atoms with E-state index in [2.05, 4.69) is 10.3 Å². The van der Waals surface area contributed by atoms with Crippen molar-refractivity contribution in [1.82, 2.24) is 14.9 Å². The molecule has 1 heterocycles. The molecule has 0 aliphatic carbocycles. The van der Waals surface area contributed by atoms with Crippen LogP contribution in [0, 0.1) is 0 Å². The predicted octanol–water partition coefficient (Wildman–Crippen LogP) is 1.45. The van der Waals surface area contributed by atoms with Crippen molar-refractivity contribution in [2.75, 3.05) is 6.54 Å².